The van der Waals surface area contributed by atoms with Gasteiger partial charge in [-0.25, -0.2) is 4.98 Å². The summed E-state index contributed by atoms with van der Waals surface area (Å²) in [5.41, 5.74) is 1.03. The van der Waals surface area contributed by atoms with Crippen molar-refractivity contribution < 1.29 is 0 Å². The van der Waals surface area contributed by atoms with E-state index in [9.17, 15) is 0 Å². The summed E-state index contributed by atoms with van der Waals surface area (Å²) in [7, 11) is 0. The van der Waals surface area contributed by atoms with Gasteiger partial charge in [0.15, 0.2) is 0 Å². The van der Waals surface area contributed by atoms with Gasteiger partial charge in [-0.05, 0) is 44.7 Å². The number of halogens is 1. The lowest BCUT2D eigenvalue weighted by molar-refractivity contribution is 0.190. The molecule has 0 radical (unpaired) electrons. The van der Waals surface area contributed by atoms with Crippen molar-refractivity contribution in [3.63, 3.8) is 0 Å². The Kier molecular flexibility index (Phi) is 4.31. The van der Waals surface area contributed by atoms with Gasteiger partial charge < -0.3 is 5.32 Å². The predicted octanol–water partition coefficient (Wildman–Crippen LogP) is 2.09. The number of hydrogen-bond acceptors (Lipinski definition) is 4. The first kappa shape index (κ1) is 13.3. The third kappa shape index (κ3) is 3.88. The fourth-order valence-corrected chi connectivity index (χ4v) is 2.92. The van der Waals surface area contributed by atoms with Crippen LogP contribution >= 0.6 is 11.6 Å². The van der Waals surface area contributed by atoms with Gasteiger partial charge in [-0.3, -0.25) is 9.88 Å². The van der Waals surface area contributed by atoms with E-state index in [2.05, 4.69) is 20.2 Å². The van der Waals surface area contributed by atoms with E-state index in [-0.39, 0.29) is 0 Å². The van der Waals surface area contributed by atoms with Crippen LogP contribution < -0.4 is 5.32 Å². The molecule has 1 aliphatic heterocycles. The van der Waals surface area contributed by atoms with Gasteiger partial charge in [0.05, 0.1) is 18.1 Å². The molecule has 0 aromatic carbocycles. The molecular weight excluding hydrogens is 260 g/mol. The van der Waals surface area contributed by atoms with Crippen LogP contribution in [0.2, 0.25) is 5.15 Å². The van der Waals surface area contributed by atoms with E-state index in [1.54, 1.807) is 12.4 Å². The highest BCUT2D eigenvalue weighted by Gasteiger charge is 2.31. The largest absolute Gasteiger partial charge is 0.316 e. The van der Waals surface area contributed by atoms with E-state index in [0.29, 0.717) is 5.15 Å². The average molecular weight is 281 g/mol. The summed E-state index contributed by atoms with van der Waals surface area (Å²) >= 11 is 5.78. The van der Waals surface area contributed by atoms with Crippen LogP contribution in [0.4, 0.5) is 0 Å². The second-order valence-corrected chi connectivity index (χ2v) is 6.09. The Hall–Kier alpha value is -0.710. The minimum absolute atomic E-state index is 0.471. The zero-order chi connectivity index (χ0) is 13.1. The van der Waals surface area contributed by atoms with Crippen LogP contribution in [0.1, 0.15) is 31.4 Å². The fourth-order valence-electron chi connectivity index (χ4n) is 2.82. The molecule has 5 heteroatoms. The van der Waals surface area contributed by atoms with Crippen molar-refractivity contribution in [1.29, 1.82) is 0 Å². The monoisotopic (exact) mass is 280 g/mol. The zero-order valence-electron chi connectivity index (χ0n) is 11.2. The molecule has 0 bridgehead atoms. The van der Waals surface area contributed by atoms with Crippen LogP contribution in [0.5, 0.6) is 0 Å². The molecular formula is C14H21ClN4. The number of nitrogens with zero attached hydrogens (tertiary/aromatic N) is 3. The molecule has 2 heterocycles. The highest BCUT2D eigenvalue weighted by atomic mass is 35.5. The predicted molar refractivity (Wildman–Crippen MR) is 76.1 cm³/mol. The second kappa shape index (κ2) is 6.16. The first-order chi connectivity index (χ1) is 9.31. The van der Waals surface area contributed by atoms with Crippen molar-refractivity contribution >= 4 is 11.6 Å². The van der Waals surface area contributed by atoms with Gasteiger partial charge in [0.1, 0.15) is 5.15 Å². The first-order valence-corrected chi connectivity index (χ1v) is 7.60. The Balaban J connectivity index is 1.59. The minimum atomic E-state index is 0.471. The number of rotatable bonds is 5. The highest BCUT2D eigenvalue weighted by Crippen LogP contribution is 2.29. The molecule has 0 spiro atoms. The van der Waals surface area contributed by atoms with E-state index in [0.717, 1.165) is 30.7 Å². The lowest BCUT2D eigenvalue weighted by atomic mass is 9.99. The SMILES string of the molecule is Clc1cnc(CN(CC2CCCNC2)C2CC2)cn1. The lowest BCUT2D eigenvalue weighted by Gasteiger charge is -2.30. The molecule has 2 aliphatic rings. The quantitative estimate of drug-likeness (QED) is 0.897. The summed E-state index contributed by atoms with van der Waals surface area (Å²) in [6.45, 7) is 4.44. The fraction of sp³-hybridized carbons (Fsp3) is 0.714. The van der Waals surface area contributed by atoms with Crippen LogP contribution in [0.15, 0.2) is 12.4 Å². The lowest BCUT2D eigenvalue weighted by Crippen LogP contribution is -2.39. The molecule has 1 atom stereocenters. The van der Waals surface area contributed by atoms with E-state index in [1.165, 1.54) is 38.8 Å². The standard InChI is InChI=1S/C14H21ClN4/c15-14-8-17-12(7-18-14)10-19(13-3-4-13)9-11-2-1-5-16-6-11/h7-8,11,13,16H,1-6,9-10H2. The molecule has 2 fully saturated rings. The number of aromatic nitrogens is 2. The average Bonchev–Trinajstić information content (AvgIpc) is 3.26. The summed E-state index contributed by atoms with van der Waals surface area (Å²) in [6.07, 6.45) is 8.77. The molecule has 19 heavy (non-hydrogen) atoms. The third-order valence-electron chi connectivity index (χ3n) is 3.99. The molecule has 1 aliphatic carbocycles. The van der Waals surface area contributed by atoms with Crippen molar-refractivity contribution in [3.05, 3.63) is 23.2 Å². The van der Waals surface area contributed by atoms with Crippen molar-refractivity contribution in [1.82, 2.24) is 20.2 Å². The molecule has 3 rings (SSSR count). The Morgan fingerprint density at radius 1 is 1.26 bits per heavy atom. The van der Waals surface area contributed by atoms with Crippen LogP contribution in [0.25, 0.3) is 0 Å². The highest BCUT2D eigenvalue weighted by molar-refractivity contribution is 6.29. The topological polar surface area (TPSA) is 41.1 Å². The van der Waals surface area contributed by atoms with Gasteiger partial charge in [0.25, 0.3) is 0 Å². The van der Waals surface area contributed by atoms with Gasteiger partial charge >= 0.3 is 0 Å². The second-order valence-electron chi connectivity index (χ2n) is 5.70. The van der Waals surface area contributed by atoms with Crippen molar-refractivity contribution in [2.45, 2.75) is 38.3 Å². The molecule has 1 saturated heterocycles. The molecule has 1 aromatic rings. The number of hydrogen-bond donors (Lipinski definition) is 1. The van der Waals surface area contributed by atoms with Gasteiger partial charge in [0.2, 0.25) is 0 Å². The molecule has 0 amide bonds. The van der Waals surface area contributed by atoms with Crippen LogP contribution in [-0.2, 0) is 6.54 Å². The van der Waals surface area contributed by atoms with Gasteiger partial charge in [0, 0.05) is 19.1 Å². The molecule has 1 saturated carbocycles. The summed E-state index contributed by atoms with van der Waals surface area (Å²) in [5, 5.41) is 3.97. The number of piperidine rings is 1. The molecule has 104 valence electrons. The Labute approximate surface area is 119 Å². The molecule has 1 unspecified atom stereocenters. The zero-order valence-corrected chi connectivity index (χ0v) is 11.9. The normalized spacial score (nSPS) is 23.8. The maximum atomic E-state index is 5.78. The summed E-state index contributed by atoms with van der Waals surface area (Å²) in [4.78, 5) is 11.1. The maximum absolute atomic E-state index is 5.78. The van der Waals surface area contributed by atoms with Crippen molar-refractivity contribution in [3.8, 4) is 0 Å². The molecule has 1 aromatic heterocycles. The minimum Gasteiger partial charge on any atom is -0.316 e. The summed E-state index contributed by atoms with van der Waals surface area (Å²) < 4.78 is 0. The van der Waals surface area contributed by atoms with Crippen LogP contribution in [-0.4, -0.2) is 40.5 Å². The Morgan fingerprint density at radius 2 is 2.16 bits per heavy atom. The summed E-state index contributed by atoms with van der Waals surface area (Å²) in [6, 6.07) is 0.763. The molecule has 4 nitrogen and oxygen atoms in total. The maximum Gasteiger partial charge on any atom is 0.147 e. The van der Waals surface area contributed by atoms with E-state index < -0.39 is 0 Å². The first-order valence-electron chi connectivity index (χ1n) is 7.22. The smallest absolute Gasteiger partial charge is 0.147 e. The molecule has 1 N–H and O–H groups in total. The van der Waals surface area contributed by atoms with Crippen molar-refractivity contribution in [2.75, 3.05) is 19.6 Å². The van der Waals surface area contributed by atoms with Crippen LogP contribution in [0.3, 0.4) is 0 Å². The van der Waals surface area contributed by atoms with E-state index >= 15 is 0 Å². The summed E-state index contributed by atoms with van der Waals surface area (Å²) in [5.74, 6) is 0.787. The van der Waals surface area contributed by atoms with Gasteiger partial charge in [-0.15, -0.1) is 0 Å². The number of nitrogens with one attached hydrogen (secondary N) is 1. The van der Waals surface area contributed by atoms with Crippen molar-refractivity contribution in [2.24, 2.45) is 5.92 Å². The third-order valence-corrected chi connectivity index (χ3v) is 4.19. The Bertz CT molecular complexity index is 398. The van der Waals surface area contributed by atoms with E-state index in [4.69, 9.17) is 11.6 Å². The Morgan fingerprint density at radius 3 is 2.79 bits per heavy atom. The van der Waals surface area contributed by atoms with Gasteiger partial charge in [-0.1, -0.05) is 11.6 Å². The van der Waals surface area contributed by atoms with Gasteiger partial charge in [-0.2, -0.15) is 0 Å². The van der Waals surface area contributed by atoms with E-state index in [1.807, 2.05) is 0 Å². The van der Waals surface area contributed by atoms with Crippen LogP contribution in [0, 0.1) is 5.92 Å².